The van der Waals surface area contributed by atoms with Crippen molar-refractivity contribution in [2.75, 3.05) is 0 Å². The van der Waals surface area contributed by atoms with Crippen LogP contribution in [-0.4, -0.2) is 19.1 Å². The second-order valence-corrected chi connectivity index (χ2v) is 5.85. The van der Waals surface area contributed by atoms with Crippen LogP contribution in [0.15, 0.2) is 28.9 Å². The fourth-order valence-electron chi connectivity index (χ4n) is 2.23. The zero-order chi connectivity index (χ0) is 19.7. The number of aryl methyl sites for hydroxylation is 4. The Bertz CT molecular complexity index is 793. The molecule has 4 aromatic rings. The molecule has 0 aliphatic carbocycles. The van der Waals surface area contributed by atoms with E-state index < -0.39 is 0 Å². The number of fused-ring (bicyclic) bond motifs is 2. The number of hydrogen-bond donors (Lipinski definition) is 0. The van der Waals surface area contributed by atoms with Crippen LogP contribution in [0.3, 0.4) is 0 Å². The summed E-state index contributed by atoms with van der Waals surface area (Å²) in [5.41, 5.74) is 8.46. The van der Waals surface area contributed by atoms with Gasteiger partial charge in [-0.05, 0) is 60.3 Å². The van der Waals surface area contributed by atoms with E-state index in [2.05, 4.69) is 49.7 Å². The summed E-state index contributed by atoms with van der Waals surface area (Å²) in [4.78, 5) is 0. The van der Waals surface area contributed by atoms with Gasteiger partial charge >= 0.3 is 0 Å². The molecule has 0 saturated heterocycles. The van der Waals surface area contributed by atoms with Crippen LogP contribution in [0.4, 0.5) is 0 Å². The Labute approximate surface area is 159 Å². The molecule has 0 spiro atoms. The molecule has 0 bridgehead atoms. The first-order chi connectivity index (χ1) is 12.6. The monoisotopic (exact) mass is 372 g/mol. The number of nitrogens with zero attached hydrogens (tertiary/aromatic N) is 4. The molecule has 2 heterocycles. The normalized spacial score (nSPS) is 9.54. The summed E-state index contributed by atoms with van der Waals surface area (Å²) in [5.74, 6) is 0. The van der Waals surface area contributed by atoms with Gasteiger partial charge in [-0.15, -0.1) is 0 Å². The molecule has 0 fully saturated rings. The Morgan fingerprint density at radius 1 is 0.577 bits per heavy atom. The van der Waals surface area contributed by atoms with Gasteiger partial charge in [-0.2, -0.15) is 8.75 Å². The van der Waals surface area contributed by atoms with E-state index in [4.69, 9.17) is 0 Å². The Kier molecular flexibility index (Phi) is 8.85. The first-order valence-electron chi connectivity index (χ1n) is 8.95. The second kappa shape index (κ2) is 10.6. The van der Waals surface area contributed by atoms with Crippen LogP contribution in [0.1, 0.15) is 49.9 Å². The van der Waals surface area contributed by atoms with Crippen LogP contribution in [0, 0.1) is 27.7 Å². The highest BCUT2D eigenvalue weighted by atomic mass is 32.1. The number of rotatable bonds is 0. The largest absolute Gasteiger partial charge is 0.243 e. The van der Waals surface area contributed by atoms with E-state index in [1.165, 1.54) is 22.9 Å². The minimum Gasteiger partial charge on any atom is -0.243 e. The average molecular weight is 373 g/mol. The van der Waals surface area contributed by atoms with Gasteiger partial charge in [-0.3, -0.25) is 0 Å². The summed E-state index contributed by atoms with van der Waals surface area (Å²) in [7, 11) is 0. The average Bonchev–Trinajstić information content (AvgIpc) is 3.36. The molecule has 0 amide bonds. The second-order valence-electron chi connectivity index (χ2n) is 5.32. The van der Waals surface area contributed by atoms with E-state index in [1.54, 1.807) is 0 Å². The van der Waals surface area contributed by atoms with Crippen LogP contribution >= 0.6 is 11.7 Å². The van der Waals surface area contributed by atoms with E-state index in [0.29, 0.717) is 0 Å². The van der Waals surface area contributed by atoms with Crippen LogP contribution in [-0.2, 0) is 0 Å². The fourth-order valence-corrected chi connectivity index (χ4v) is 2.89. The lowest BCUT2D eigenvalue weighted by Crippen LogP contribution is -1.79. The molecule has 0 radical (unpaired) electrons. The third-order valence-electron chi connectivity index (χ3n) is 3.64. The molecular weight excluding hydrogens is 344 g/mol. The molecule has 2 aromatic heterocycles. The molecule has 140 valence electrons. The summed E-state index contributed by atoms with van der Waals surface area (Å²) < 4.78 is 13.0. The Hall–Kier alpha value is -2.34. The molecule has 6 heteroatoms. The Balaban J connectivity index is 0.000000219. The Morgan fingerprint density at radius 3 is 1.23 bits per heavy atom. The lowest BCUT2D eigenvalue weighted by molar-refractivity contribution is 0.315. The summed E-state index contributed by atoms with van der Waals surface area (Å²) in [6, 6.07) is 8.20. The molecule has 0 saturated carbocycles. The number of benzene rings is 2. The third-order valence-corrected chi connectivity index (χ3v) is 4.17. The first kappa shape index (κ1) is 21.7. The van der Waals surface area contributed by atoms with E-state index >= 15 is 0 Å². The Morgan fingerprint density at radius 2 is 0.885 bits per heavy atom. The zero-order valence-electron chi connectivity index (χ0n) is 16.9. The molecule has 26 heavy (non-hydrogen) atoms. The molecule has 5 nitrogen and oxygen atoms in total. The molecular formula is C20H28N4OS. The summed E-state index contributed by atoms with van der Waals surface area (Å²) in [6.45, 7) is 16.1. The fraction of sp³-hybridized carbons (Fsp3) is 0.400. The van der Waals surface area contributed by atoms with Crippen molar-refractivity contribution in [2.45, 2.75) is 55.4 Å². The van der Waals surface area contributed by atoms with Gasteiger partial charge in [0.15, 0.2) is 0 Å². The van der Waals surface area contributed by atoms with Crippen molar-refractivity contribution < 1.29 is 4.63 Å². The number of hydrogen-bond acceptors (Lipinski definition) is 6. The van der Waals surface area contributed by atoms with Gasteiger partial charge in [-0.25, -0.2) is 4.63 Å². The maximum absolute atomic E-state index is 4.63. The third kappa shape index (κ3) is 4.85. The van der Waals surface area contributed by atoms with Crippen molar-refractivity contribution in [3.8, 4) is 0 Å². The first-order valence-corrected chi connectivity index (χ1v) is 9.68. The van der Waals surface area contributed by atoms with E-state index in [1.807, 2.05) is 53.7 Å². The summed E-state index contributed by atoms with van der Waals surface area (Å²) in [5, 5.41) is 7.59. The lowest BCUT2D eigenvalue weighted by Gasteiger charge is -1.94. The molecule has 0 N–H and O–H groups in total. The van der Waals surface area contributed by atoms with Gasteiger partial charge in [0, 0.05) is 0 Å². The highest BCUT2D eigenvalue weighted by Gasteiger charge is 2.05. The zero-order valence-corrected chi connectivity index (χ0v) is 17.7. The van der Waals surface area contributed by atoms with Gasteiger partial charge in [0.05, 0.1) is 11.7 Å². The summed E-state index contributed by atoms with van der Waals surface area (Å²) >= 11 is 1.28. The molecule has 0 aliphatic heterocycles. The highest BCUT2D eigenvalue weighted by molar-refractivity contribution is 7.00. The van der Waals surface area contributed by atoms with E-state index in [0.717, 1.165) is 33.2 Å². The number of aromatic nitrogens is 4. The lowest BCUT2D eigenvalue weighted by atomic mass is 10.1. The highest BCUT2D eigenvalue weighted by Crippen LogP contribution is 2.19. The SMILES string of the molecule is CC.CC.Cc1ccc(C)c2nonc12.Cc1ccc(C)c2nsnc12. The van der Waals surface area contributed by atoms with Crippen LogP contribution < -0.4 is 0 Å². The molecule has 0 atom stereocenters. The van der Waals surface area contributed by atoms with Gasteiger partial charge in [0.2, 0.25) is 0 Å². The molecule has 4 rings (SSSR count). The summed E-state index contributed by atoms with van der Waals surface area (Å²) in [6.07, 6.45) is 0. The molecule has 0 unspecified atom stereocenters. The van der Waals surface area contributed by atoms with Crippen LogP contribution in [0.25, 0.3) is 22.1 Å². The van der Waals surface area contributed by atoms with Crippen molar-refractivity contribution in [2.24, 2.45) is 0 Å². The smallest absolute Gasteiger partial charge is 0.138 e. The van der Waals surface area contributed by atoms with Crippen molar-refractivity contribution in [3.63, 3.8) is 0 Å². The standard InChI is InChI=1S/C8H8N2O.C8H8N2S.2C2H6/c2*1-5-3-4-6(2)8-7(5)9-11-10-8;2*1-2/h2*3-4H,1-2H3;2*1-2H3. The van der Waals surface area contributed by atoms with Gasteiger partial charge < -0.3 is 0 Å². The van der Waals surface area contributed by atoms with Gasteiger partial charge in [-0.1, -0.05) is 52.0 Å². The topological polar surface area (TPSA) is 64.7 Å². The van der Waals surface area contributed by atoms with Crippen molar-refractivity contribution in [1.82, 2.24) is 19.1 Å². The molecule has 2 aromatic carbocycles. The van der Waals surface area contributed by atoms with E-state index in [9.17, 15) is 0 Å². The van der Waals surface area contributed by atoms with Crippen molar-refractivity contribution >= 4 is 33.8 Å². The van der Waals surface area contributed by atoms with Gasteiger partial charge in [0.1, 0.15) is 22.1 Å². The van der Waals surface area contributed by atoms with Crippen molar-refractivity contribution in [1.29, 1.82) is 0 Å². The van der Waals surface area contributed by atoms with Crippen LogP contribution in [0.5, 0.6) is 0 Å². The predicted octanol–water partition coefficient (Wildman–Crippen LogP) is 6.20. The maximum atomic E-state index is 4.63. The molecule has 0 aliphatic rings. The maximum Gasteiger partial charge on any atom is 0.138 e. The minimum absolute atomic E-state index is 0.866. The minimum atomic E-state index is 0.866. The van der Waals surface area contributed by atoms with Crippen molar-refractivity contribution in [3.05, 3.63) is 46.5 Å². The van der Waals surface area contributed by atoms with Crippen LogP contribution in [0.2, 0.25) is 0 Å². The van der Waals surface area contributed by atoms with Gasteiger partial charge in [0.25, 0.3) is 0 Å². The predicted molar refractivity (Wildman–Crippen MR) is 111 cm³/mol. The quantitative estimate of drug-likeness (QED) is 0.367. The van der Waals surface area contributed by atoms with E-state index in [-0.39, 0.29) is 0 Å².